The lowest BCUT2D eigenvalue weighted by Crippen LogP contribution is -2.34. The number of amides is 1. The first-order valence-corrected chi connectivity index (χ1v) is 10.2. The van der Waals surface area contributed by atoms with E-state index in [9.17, 15) is 4.79 Å². The first-order chi connectivity index (χ1) is 13.7. The van der Waals surface area contributed by atoms with E-state index in [4.69, 9.17) is 5.26 Å². The molecule has 1 aliphatic rings. The second-order valence-electron chi connectivity index (χ2n) is 6.82. The van der Waals surface area contributed by atoms with Gasteiger partial charge in [0.05, 0.1) is 17.3 Å². The topological polar surface area (TPSA) is 77.8 Å². The Hall–Kier alpha value is -3.01. The normalized spacial score (nSPS) is 14.4. The molecule has 1 aliphatic heterocycles. The van der Waals surface area contributed by atoms with Gasteiger partial charge in [-0.05, 0) is 55.3 Å². The van der Waals surface area contributed by atoms with Crippen molar-refractivity contribution in [2.45, 2.75) is 12.8 Å². The number of hydrogen-bond acceptors (Lipinski definition) is 5. The van der Waals surface area contributed by atoms with Crippen LogP contribution in [0, 0.1) is 17.2 Å². The number of anilines is 1. The Kier molecular flexibility index (Phi) is 5.47. The fourth-order valence-electron chi connectivity index (χ4n) is 3.35. The van der Waals surface area contributed by atoms with Gasteiger partial charge in [0.25, 0.3) is 0 Å². The first kappa shape index (κ1) is 18.4. The van der Waals surface area contributed by atoms with Gasteiger partial charge in [0.1, 0.15) is 0 Å². The van der Waals surface area contributed by atoms with Crippen LogP contribution in [0.15, 0.2) is 53.9 Å². The lowest BCUT2D eigenvalue weighted by molar-refractivity contribution is -0.120. The minimum Gasteiger partial charge on any atom is -0.317 e. The maximum absolute atomic E-state index is 12.4. The van der Waals surface area contributed by atoms with Gasteiger partial charge in [0.15, 0.2) is 5.13 Å². The molecule has 140 valence electrons. The molecule has 6 heteroatoms. The Morgan fingerprint density at radius 3 is 2.61 bits per heavy atom. The van der Waals surface area contributed by atoms with Gasteiger partial charge >= 0.3 is 0 Å². The molecule has 0 saturated carbocycles. The van der Waals surface area contributed by atoms with Gasteiger partial charge in [-0.3, -0.25) is 4.79 Å². The van der Waals surface area contributed by atoms with Crippen molar-refractivity contribution in [1.29, 1.82) is 5.26 Å². The fourth-order valence-corrected chi connectivity index (χ4v) is 4.07. The predicted octanol–water partition coefficient (Wildman–Crippen LogP) is 4.29. The molecular formula is C22H20N4OS. The minimum atomic E-state index is 0.0633. The zero-order valence-corrected chi connectivity index (χ0v) is 16.1. The van der Waals surface area contributed by atoms with Crippen LogP contribution in [0.2, 0.25) is 0 Å². The highest BCUT2D eigenvalue weighted by atomic mass is 32.1. The van der Waals surface area contributed by atoms with Crippen LogP contribution < -0.4 is 10.6 Å². The van der Waals surface area contributed by atoms with Crippen LogP contribution in [0.4, 0.5) is 5.13 Å². The van der Waals surface area contributed by atoms with E-state index in [1.54, 1.807) is 0 Å². The number of hydrogen-bond donors (Lipinski definition) is 2. The van der Waals surface area contributed by atoms with Gasteiger partial charge in [-0.15, -0.1) is 11.3 Å². The summed E-state index contributed by atoms with van der Waals surface area (Å²) in [5.41, 5.74) is 4.61. The Labute approximate surface area is 168 Å². The summed E-state index contributed by atoms with van der Waals surface area (Å²) in [6.07, 6.45) is 1.74. The molecule has 0 bridgehead atoms. The van der Waals surface area contributed by atoms with E-state index >= 15 is 0 Å². The van der Waals surface area contributed by atoms with Crippen molar-refractivity contribution < 1.29 is 4.79 Å². The smallest absolute Gasteiger partial charge is 0.229 e. The molecule has 0 radical (unpaired) electrons. The Balaban J connectivity index is 1.50. The van der Waals surface area contributed by atoms with Crippen molar-refractivity contribution in [2.24, 2.45) is 5.92 Å². The molecule has 28 heavy (non-hydrogen) atoms. The largest absolute Gasteiger partial charge is 0.317 e. The van der Waals surface area contributed by atoms with Gasteiger partial charge < -0.3 is 10.6 Å². The summed E-state index contributed by atoms with van der Waals surface area (Å²) >= 11 is 1.45. The molecule has 0 spiro atoms. The third-order valence-electron chi connectivity index (χ3n) is 4.95. The van der Waals surface area contributed by atoms with Crippen molar-refractivity contribution in [3.63, 3.8) is 0 Å². The molecule has 0 atom stereocenters. The van der Waals surface area contributed by atoms with Crippen LogP contribution in [0.25, 0.3) is 22.4 Å². The first-order valence-electron chi connectivity index (χ1n) is 9.31. The van der Waals surface area contributed by atoms with Crippen molar-refractivity contribution in [3.05, 3.63) is 59.5 Å². The van der Waals surface area contributed by atoms with E-state index in [0.717, 1.165) is 48.3 Å². The molecule has 0 aliphatic carbocycles. The average molecular weight is 388 g/mol. The molecule has 4 rings (SSSR count). The number of carbonyl (C=O) groups excluding carboxylic acids is 1. The lowest BCUT2D eigenvalue weighted by atomic mass is 9.97. The average Bonchev–Trinajstić information content (AvgIpc) is 3.23. The lowest BCUT2D eigenvalue weighted by Gasteiger charge is -2.20. The van der Waals surface area contributed by atoms with E-state index in [1.807, 2.05) is 47.8 Å². The highest BCUT2D eigenvalue weighted by Crippen LogP contribution is 2.29. The van der Waals surface area contributed by atoms with Gasteiger partial charge in [0, 0.05) is 16.9 Å². The van der Waals surface area contributed by atoms with Crippen LogP contribution in [0.3, 0.4) is 0 Å². The number of piperidine rings is 1. The number of benzene rings is 2. The van der Waals surface area contributed by atoms with E-state index in [1.165, 1.54) is 11.3 Å². The molecule has 5 nitrogen and oxygen atoms in total. The van der Waals surface area contributed by atoms with E-state index in [-0.39, 0.29) is 11.8 Å². The number of nitrogens with one attached hydrogen (secondary N) is 2. The van der Waals surface area contributed by atoms with Crippen LogP contribution in [0.5, 0.6) is 0 Å². The van der Waals surface area contributed by atoms with Crippen molar-refractivity contribution in [1.82, 2.24) is 10.3 Å². The summed E-state index contributed by atoms with van der Waals surface area (Å²) in [6, 6.07) is 17.8. The molecule has 1 fully saturated rings. The molecule has 1 amide bonds. The number of aromatic nitrogens is 1. The second kappa shape index (κ2) is 8.34. The predicted molar refractivity (Wildman–Crippen MR) is 112 cm³/mol. The van der Waals surface area contributed by atoms with Crippen LogP contribution in [-0.4, -0.2) is 24.0 Å². The van der Waals surface area contributed by atoms with Crippen molar-refractivity contribution in [2.75, 3.05) is 18.4 Å². The number of carbonyl (C=O) groups is 1. The monoisotopic (exact) mass is 388 g/mol. The Morgan fingerprint density at radius 2 is 1.86 bits per heavy atom. The molecule has 2 aromatic carbocycles. The summed E-state index contributed by atoms with van der Waals surface area (Å²) in [7, 11) is 0. The van der Waals surface area contributed by atoms with Gasteiger partial charge in [-0.25, -0.2) is 4.98 Å². The maximum Gasteiger partial charge on any atom is 0.229 e. The Bertz CT molecular complexity index is 1010. The Morgan fingerprint density at radius 1 is 1.11 bits per heavy atom. The molecule has 0 unspecified atom stereocenters. The summed E-state index contributed by atoms with van der Waals surface area (Å²) in [5, 5.41) is 17.8. The van der Waals surface area contributed by atoms with Gasteiger partial charge in [-0.1, -0.05) is 30.3 Å². The van der Waals surface area contributed by atoms with Gasteiger partial charge in [-0.2, -0.15) is 5.26 Å². The molecule has 1 saturated heterocycles. The van der Waals surface area contributed by atoms with Crippen molar-refractivity contribution >= 4 is 22.4 Å². The van der Waals surface area contributed by atoms with Crippen LogP contribution in [-0.2, 0) is 4.79 Å². The zero-order valence-electron chi connectivity index (χ0n) is 15.3. The zero-order chi connectivity index (χ0) is 19.3. The third-order valence-corrected chi connectivity index (χ3v) is 5.71. The molecule has 1 aromatic heterocycles. The van der Waals surface area contributed by atoms with E-state index < -0.39 is 0 Å². The van der Waals surface area contributed by atoms with E-state index in [0.29, 0.717) is 10.7 Å². The SMILES string of the molecule is N#Cc1ccc(-c2cccc(-c3csc(NC(=O)C4CCNCC4)n3)c2)cc1. The molecular weight excluding hydrogens is 368 g/mol. The number of nitrogens with zero attached hydrogens (tertiary/aromatic N) is 2. The standard InChI is InChI=1S/C22H20N4OS/c23-13-15-4-6-16(7-5-15)18-2-1-3-19(12-18)20-14-28-22(25-20)26-21(27)17-8-10-24-11-9-17/h1-7,12,14,17,24H,8-11H2,(H,25,26,27). The summed E-state index contributed by atoms with van der Waals surface area (Å²) in [5.74, 6) is 0.127. The summed E-state index contributed by atoms with van der Waals surface area (Å²) in [4.78, 5) is 17.0. The highest BCUT2D eigenvalue weighted by Gasteiger charge is 2.21. The van der Waals surface area contributed by atoms with Crippen LogP contribution in [0.1, 0.15) is 18.4 Å². The number of nitriles is 1. The molecule has 2 N–H and O–H groups in total. The summed E-state index contributed by atoms with van der Waals surface area (Å²) < 4.78 is 0. The fraction of sp³-hybridized carbons (Fsp3) is 0.227. The number of rotatable bonds is 4. The molecule has 2 heterocycles. The molecule has 3 aromatic rings. The quantitative estimate of drug-likeness (QED) is 0.699. The van der Waals surface area contributed by atoms with E-state index in [2.05, 4.69) is 27.8 Å². The second-order valence-corrected chi connectivity index (χ2v) is 7.68. The van der Waals surface area contributed by atoms with Crippen LogP contribution >= 0.6 is 11.3 Å². The van der Waals surface area contributed by atoms with Gasteiger partial charge in [0.2, 0.25) is 5.91 Å². The highest BCUT2D eigenvalue weighted by molar-refractivity contribution is 7.14. The minimum absolute atomic E-state index is 0.0633. The maximum atomic E-state index is 12.4. The van der Waals surface area contributed by atoms with Crippen molar-refractivity contribution in [3.8, 4) is 28.5 Å². The summed E-state index contributed by atoms with van der Waals surface area (Å²) in [6.45, 7) is 1.78. The number of thiazole rings is 1. The third kappa shape index (κ3) is 4.11.